The van der Waals surface area contributed by atoms with Gasteiger partial charge in [0.05, 0.1) is 12.7 Å². The van der Waals surface area contributed by atoms with Gasteiger partial charge in [-0.25, -0.2) is 4.18 Å². The summed E-state index contributed by atoms with van der Waals surface area (Å²) in [6.07, 6.45) is 2.18. The zero-order valence-electron chi connectivity index (χ0n) is 7.64. The van der Waals surface area contributed by atoms with E-state index in [1.54, 1.807) is 0 Å². The van der Waals surface area contributed by atoms with Gasteiger partial charge in [-0.2, -0.15) is 8.42 Å². The zero-order valence-corrected chi connectivity index (χ0v) is 8.46. The van der Waals surface area contributed by atoms with Crippen LogP contribution < -0.4 is 0 Å². The minimum Gasteiger partial charge on any atom is -0.393 e. The molecule has 0 aromatic carbocycles. The van der Waals surface area contributed by atoms with Crippen molar-refractivity contribution in [2.75, 3.05) is 6.61 Å². The standard InChI is InChI=1S/C7H16O5S/c1-2-3-4-7(8)5-6-12-13(9,10)11/h7-8H,2-6H2,1H3,(H,9,10,11). The Morgan fingerprint density at radius 2 is 2.00 bits per heavy atom. The summed E-state index contributed by atoms with van der Waals surface area (Å²) >= 11 is 0. The highest BCUT2D eigenvalue weighted by Gasteiger charge is 2.07. The molecule has 2 N–H and O–H groups in total. The summed E-state index contributed by atoms with van der Waals surface area (Å²) in [5.74, 6) is 0. The first kappa shape index (κ1) is 12.8. The van der Waals surface area contributed by atoms with Crippen LogP contribution in [0.15, 0.2) is 0 Å². The number of hydrogen-bond donors (Lipinski definition) is 2. The Bertz CT molecular complexity index is 211. The van der Waals surface area contributed by atoms with Gasteiger partial charge >= 0.3 is 10.4 Å². The Morgan fingerprint density at radius 1 is 1.38 bits per heavy atom. The summed E-state index contributed by atoms with van der Waals surface area (Å²) in [6, 6.07) is 0. The lowest BCUT2D eigenvalue weighted by molar-refractivity contribution is 0.126. The van der Waals surface area contributed by atoms with E-state index < -0.39 is 16.5 Å². The molecule has 5 nitrogen and oxygen atoms in total. The van der Waals surface area contributed by atoms with E-state index in [1.165, 1.54) is 0 Å². The molecule has 0 aliphatic rings. The van der Waals surface area contributed by atoms with Crippen LogP contribution in [0.4, 0.5) is 0 Å². The van der Waals surface area contributed by atoms with Gasteiger partial charge in [0, 0.05) is 0 Å². The van der Waals surface area contributed by atoms with Crippen molar-refractivity contribution in [3.8, 4) is 0 Å². The molecule has 6 heteroatoms. The molecule has 0 aliphatic heterocycles. The summed E-state index contributed by atoms with van der Waals surface area (Å²) in [4.78, 5) is 0. The fourth-order valence-corrected chi connectivity index (χ4v) is 1.18. The monoisotopic (exact) mass is 212 g/mol. The molecule has 0 fully saturated rings. The second-order valence-electron chi connectivity index (χ2n) is 2.83. The maximum atomic E-state index is 10.1. The number of aliphatic hydroxyl groups excluding tert-OH is 1. The van der Waals surface area contributed by atoms with Crippen molar-refractivity contribution in [2.24, 2.45) is 0 Å². The lowest BCUT2D eigenvalue weighted by atomic mass is 10.1. The largest absolute Gasteiger partial charge is 0.397 e. The number of unbranched alkanes of at least 4 members (excludes halogenated alkanes) is 1. The lowest BCUT2D eigenvalue weighted by Crippen LogP contribution is -2.13. The molecule has 0 aliphatic carbocycles. The van der Waals surface area contributed by atoms with Crippen molar-refractivity contribution >= 4 is 10.4 Å². The fraction of sp³-hybridized carbons (Fsp3) is 1.00. The van der Waals surface area contributed by atoms with Crippen molar-refractivity contribution in [3.05, 3.63) is 0 Å². The first-order valence-electron chi connectivity index (χ1n) is 4.25. The van der Waals surface area contributed by atoms with Crippen molar-refractivity contribution < 1.29 is 22.3 Å². The third-order valence-corrected chi connectivity index (χ3v) is 2.04. The Morgan fingerprint density at radius 3 is 2.46 bits per heavy atom. The van der Waals surface area contributed by atoms with E-state index in [2.05, 4.69) is 4.18 Å². The second kappa shape index (κ2) is 6.31. The highest BCUT2D eigenvalue weighted by atomic mass is 32.3. The second-order valence-corrected chi connectivity index (χ2v) is 3.93. The molecule has 0 saturated carbocycles. The summed E-state index contributed by atoms with van der Waals surface area (Å²) in [6.45, 7) is 1.82. The van der Waals surface area contributed by atoms with E-state index in [0.29, 0.717) is 6.42 Å². The predicted molar refractivity (Wildman–Crippen MR) is 47.6 cm³/mol. The highest BCUT2D eigenvalue weighted by molar-refractivity contribution is 7.80. The SMILES string of the molecule is CCCCC(O)CCOS(=O)(=O)O. The minimum absolute atomic E-state index is 0.177. The third-order valence-electron chi connectivity index (χ3n) is 1.57. The molecule has 13 heavy (non-hydrogen) atoms. The third kappa shape index (κ3) is 9.75. The first-order valence-corrected chi connectivity index (χ1v) is 5.62. The van der Waals surface area contributed by atoms with Crippen LogP contribution in [0.5, 0.6) is 0 Å². The molecule has 0 bridgehead atoms. The maximum Gasteiger partial charge on any atom is 0.397 e. The van der Waals surface area contributed by atoms with Gasteiger partial charge in [0.2, 0.25) is 0 Å². The summed E-state index contributed by atoms with van der Waals surface area (Å²) < 4.78 is 32.4. The number of rotatable bonds is 7. The predicted octanol–water partition coefficient (Wildman–Crippen LogP) is 0.747. The van der Waals surface area contributed by atoms with E-state index >= 15 is 0 Å². The molecule has 1 unspecified atom stereocenters. The van der Waals surface area contributed by atoms with E-state index in [4.69, 9.17) is 4.55 Å². The van der Waals surface area contributed by atoms with Crippen LogP contribution in [0.1, 0.15) is 32.6 Å². The first-order chi connectivity index (χ1) is 5.95. The van der Waals surface area contributed by atoms with Crippen molar-refractivity contribution in [1.29, 1.82) is 0 Å². The van der Waals surface area contributed by atoms with E-state index in [1.807, 2.05) is 6.92 Å². The van der Waals surface area contributed by atoms with Gasteiger partial charge in [0.15, 0.2) is 0 Å². The van der Waals surface area contributed by atoms with Gasteiger partial charge in [0.1, 0.15) is 0 Å². The van der Waals surface area contributed by atoms with Gasteiger partial charge in [-0.1, -0.05) is 19.8 Å². The summed E-state index contributed by atoms with van der Waals surface area (Å²) in [5.41, 5.74) is 0. The topological polar surface area (TPSA) is 83.8 Å². The molecule has 0 radical (unpaired) electrons. The molecule has 1 atom stereocenters. The average Bonchev–Trinajstić information content (AvgIpc) is 1.98. The number of hydrogen-bond acceptors (Lipinski definition) is 4. The lowest BCUT2D eigenvalue weighted by Gasteiger charge is -2.08. The van der Waals surface area contributed by atoms with E-state index in [9.17, 15) is 13.5 Å². The van der Waals surface area contributed by atoms with Crippen molar-refractivity contribution in [1.82, 2.24) is 0 Å². The Kier molecular flexibility index (Phi) is 6.23. The molecule has 0 spiro atoms. The summed E-state index contributed by atoms with van der Waals surface area (Å²) in [5, 5.41) is 9.22. The van der Waals surface area contributed by atoms with Crippen LogP contribution in [-0.2, 0) is 14.6 Å². The van der Waals surface area contributed by atoms with Gasteiger partial charge < -0.3 is 5.11 Å². The Labute approximate surface area is 78.7 Å². The Hall–Kier alpha value is -0.170. The van der Waals surface area contributed by atoms with E-state index in [0.717, 1.165) is 12.8 Å². The maximum absolute atomic E-state index is 10.1. The smallest absolute Gasteiger partial charge is 0.393 e. The molecule has 0 heterocycles. The molecular formula is C7H16O5S. The minimum atomic E-state index is -4.35. The summed E-state index contributed by atoms with van der Waals surface area (Å²) in [7, 11) is -4.35. The molecule has 0 rings (SSSR count). The molecule has 0 aromatic heterocycles. The van der Waals surface area contributed by atoms with Crippen LogP contribution in [-0.4, -0.2) is 30.8 Å². The Balaban J connectivity index is 3.42. The van der Waals surface area contributed by atoms with Gasteiger partial charge in [-0.3, -0.25) is 4.55 Å². The number of aliphatic hydroxyl groups is 1. The van der Waals surface area contributed by atoms with Crippen LogP contribution in [0.2, 0.25) is 0 Å². The average molecular weight is 212 g/mol. The van der Waals surface area contributed by atoms with Crippen LogP contribution in [0, 0.1) is 0 Å². The van der Waals surface area contributed by atoms with Gasteiger partial charge in [-0.05, 0) is 12.8 Å². The highest BCUT2D eigenvalue weighted by Crippen LogP contribution is 2.04. The molecular weight excluding hydrogens is 196 g/mol. The molecule has 80 valence electrons. The molecule has 0 aromatic rings. The van der Waals surface area contributed by atoms with Crippen LogP contribution in [0.3, 0.4) is 0 Å². The quantitative estimate of drug-likeness (QED) is 0.608. The van der Waals surface area contributed by atoms with Crippen LogP contribution in [0.25, 0.3) is 0 Å². The normalized spacial score (nSPS) is 14.4. The van der Waals surface area contributed by atoms with E-state index in [-0.39, 0.29) is 13.0 Å². The fourth-order valence-electron chi connectivity index (χ4n) is 0.874. The molecule has 0 saturated heterocycles. The van der Waals surface area contributed by atoms with Gasteiger partial charge in [-0.15, -0.1) is 0 Å². The molecule has 0 amide bonds. The van der Waals surface area contributed by atoms with Crippen molar-refractivity contribution in [2.45, 2.75) is 38.7 Å². The van der Waals surface area contributed by atoms with Crippen LogP contribution >= 0.6 is 0 Å². The van der Waals surface area contributed by atoms with Crippen molar-refractivity contribution in [3.63, 3.8) is 0 Å². The van der Waals surface area contributed by atoms with Gasteiger partial charge in [0.25, 0.3) is 0 Å². The zero-order chi connectivity index (χ0) is 10.3.